The van der Waals surface area contributed by atoms with Gasteiger partial charge in [0.15, 0.2) is 0 Å². The summed E-state index contributed by atoms with van der Waals surface area (Å²) in [6.45, 7) is 0. The molecule has 0 atom stereocenters. The van der Waals surface area contributed by atoms with Gasteiger partial charge >= 0.3 is 7.12 Å². The van der Waals surface area contributed by atoms with Gasteiger partial charge in [0.1, 0.15) is 0 Å². The van der Waals surface area contributed by atoms with Crippen LogP contribution in [-0.4, -0.2) is 26.3 Å². The molecule has 0 aliphatic heterocycles. The molecule has 5 heteroatoms. The lowest BCUT2D eigenvalue weighted by Crippen LogP contribution is -2.29. The lowest BCUT2D eigenvalue weighted by atomic mass is 9.80. The number of rotatable bonds is 3. The Hall–Kier alpha value is -3.80. The summed E-state index contributed by atoms with van der Waals surface area (Å²) < 4.78 is 4.42. The van der Waals surface area contributed by atoms with Gasteiger partial charge in [-0.1, -0.05) is 54.6 Å². The summed E-state index contributed by atoms with van der Waals surface area (Å²) in [6, 6.07) is 32.6. The van der Waals surface area contributed by atoms with Crippen molar-refractivity contribution in [2.24, 2.45) is 0 Å². The Bertz CT molecular complexity index is 1560. The van der Waals surface area contributed by atoms with E-state index in [1.54, 1.807) is 6.07 Å². The highest BCUT2D eigenvalue weighted by Gasteiger charge is 2.18. The maximum Gasteiger partial charge on any atom is 0.488 e. The zero-order valence-electron chi connectivity index (χ0n) is 16.7. The van der Waals surface area contributed by atoms with E-state index in [0.717, 1.165) is 33.3 Å². The zero-order chi connectivity index (χ0) is 20.9. The molecule has 0 radical (unpaired) electrons. The first-order valence-electron chi connectivity index (χ1n) is 10.3. The van der Waals surface area contributed by atoms with Gasteiger partial charge in [0.25, 0.3) is 0 Å². The molecule has 0 unspecified atom stereocenters. The molecule has 6 aromatic rings. The fourth-order valence-corrected chi connectivity index (χ4v) is 4.58. The molecule has 4 aromatic carbocycles. The number of hydrogen-bond acceptors (Lipinski definition) is 2. The second kappa shape index (κ2) is 6.88. The summed E-state index contributed by atoms with van der Waals surface area (Å²) in [6.07, 6.45) is 2.11. The van der Waals surface area contributed by atoms with Crippen molar-refractivity contribution in [3.05, 3.63) is 103 Å². The number of hydrogen-bond donors (Lipinski definition) is 2. The van der Waals surface area contributed by atoms with E-state index in [9.17, 15) is 10.0 Å². The third-order valence-corrected chi connectivity index (χ3v) is 5.96. The predicted molar refractivity (Wildman–Crippen MR) is 127 cm³/mol. The SMILES string of the molecule is OB(O)c1cccc(-n2c3ccccc3c3ccc4c(ccn4-c4ccccc4)c32)c1. The first-order chi connectivity index (χ1) is 15.2. The summed E-state index contributed by atoms with van der Waals surface area (Å²) in [5.74, 6) is 0. The second-order valence-corrected chi connectivity index (χ2v) is 7.74. The standard InChI is InChI=1S/C26H19BN2O2/c30-27(31)18-7-6-10-20(17-18)29-25-12-5-4-11-21(25)22-13-14-24-23(26(22)29)15-16-28(24)19-8-2-1-3-9-19/h1-17,30-31H. The van der Waals surface area contributed by atoms with Crippen molar-refractivity contribution in [3.8, 4) is 11.4 Å². The van der Waals surface area contributed by atoms with Gasteiger partial charge in [0.05, 0.1) is 16.6 Å². The van der Waals surface area contributed by atoms with E-state index < -0.39 is 7.12 Å². The minimum absolute atomic E-state index is 0.470. The number of benzene rings is 4. The Morgan fingerprint density at radius 2 is 1.35 bits per heavy atom. The van der Waals surface area contributed by atoms with E-state index in [-0.39, 0.29) is 0 Å². The minimum Gasteiger partial charge on any atom is -0.423 e. The Labute approximate surface area is 179 Å². The van der Waals surface area contributed by atoms with Crippen LogP contribution in [0.1, 0.15) is 0 Å². The van der Waals surface area contributed by atoms with Crippen molar-refractivity contribution in [3.63, 3.8) is 0 Å². The van der Waals surface area contributed by atoms with E-state index >= 15 is 0 Å². The molecule has 31 heavy (non-hydrogen) atoms. The summed E-state index contributed by atoms with van der Waals surface area (Å²) in [5.41, 5.74) is 5.81. The third kappa shape index (κ3) is 2.71. The van der Waals surface area contributed by atoms with Crippen molar-refractivity contribution in [1.82, 2.24) is 9.13 Å². The van der Waals surface area contributed by atoms with Crippen LogP contribution in [0.2, 0.25) is 0 Å². The highest BCUT2D eigenvalue weighted by molar-refractivity contribution is 6.58. The summed E-state index contributed by atoms with van der Waals surface area (Å²) >= 11 is 0. The molecule has 0 bridgehead atoms. The number of nitrogens with zero attached hydrogens (tertiary/aromatic N) is 2. The lowest BCUT2D eigenvalue weighted by molar-refractivity contribution is 0.426. The van der Waals surface area contributed by atoms with Crippen LogP contribution in [-0.2, 0) is 0 Å². The average Bonchev–Trinajstić information content (AvgIpc) is 3.39. The monoisotopic (exact) mass is 402 g/mol. The van der Waals surface area contributed by atoms with E-state index in [4.69, 9.17) is 0 Å². The normalized spacial score (nSPS) is 11.5. The predicted octanol–water partition coefficient (Wildman–Crippen LogP) is 4.41. The lowest BCUT2D eigenvalue weighted by Gasteiger charge is -2.11. The molecule has 6 rings (SSSR count). The Balaban J connectivity index is 1.74. The fourth-order valence-electron chi connectivity index (χ4n) is 4.58. The topological polar surface area (TPSA) is 50.3 Å². The zero-order valence-corrected chi connectivity index (χ0v) is 16.7. The Morgan fingerprint density at radius 1 is 0.581 bits per heavy atom. The van der Waals surface area contributed by atoms with E-state index in [1.807, 2.05) is 42.5 Å². The molecule has 0 saturated heterocycles. The largest absolute Gasteiger partial charge is 0.488 e. The quantitative estimate of drug-likeness (QED) is 0.431. The van der Waals surface area contributed by atoms with Gasteiger partial charge in [-0.2, -0.15) is 0 Å². The van der Waals surface area contributed by atoms with Crippen molar-refractivity contribution in [1.29, 1.82) is 0 Å². The number of para-hydroxylation sites is 2. The van der Waals surface area contributed by atoms with Crippen LogP contribution in [0.25, 0.3) is 44.1 Å². The molecule has 2 heterocycles. The first-order valence-corrected chi connectivity index (χ1v) is 10.3. The molecule has 2 N–H and O–H groups in total. The van der Waals surface area contributed by atoms with Crippen LogP contribution >= 0.6 is 0 Å². The molecule has 0 spiro atoms. The fraction of sp³-hybridized carbons (Fsp3) is 0. The molecule has 4 nitrogen and oxygen atoms in total. The van der Waals surface area contributed by atoms with Gasteiger partial charge in [0, 0.05) is 33.7 Å². The Morgan fingerprint density at radius 3 is 2.19 bits per heavy atom. The third-order valence-electron chi connectivity index (χ3n) is 5.96. The van der Waals surface area contributed by atoms with Gasteiger partial charge in [0.2, 0.25) is 0 Å². The summed E-state index contributed by atoms with van der Waals surface area (Å²) in [7, 11) is -1.51. The molecule has 0 aliphatic rings. The van der Waals surface area contributed by atoms with Crippen LogP contribution in [0, 0.1) is 0 Å². The van der Waals surface area contributed by atoms with Crippen LogP contribution in [0.15, 0.2) is 103 Å². The van der Waals surface area contributed by atoms with Crippen molar-refractivity contribution in [2.75, 3.05) is 0 Å². The van der Waals surface area contributed by atoms with Crippen LogP contribution in [0.3, 0.4) is 0 Å². The smallest absolute Gasteiger partial charge is 0.423 e. The minimum atomic E-state index is -1.51. The molecule has 148 valence electrons. The van der Waals surface area contributed by atoms with Crippen molar-refractivity contribution < 1.29 is 10.0 Å². The molecule has 0 saturated carbocycles. The van der Waals surface area contributed by atoms with Crippen LogP contribution < -0.4 is 5.46 Å². The van der Waals surface area contributed by atoms with Gasteiger partial charge in [-0.3, -0.25) is 0 Å². The summed E-state index contributed by atoms with van der Waals surface area (Å²) in [4.78, 5) is 0. The number of fused-ring (bicyclic) bond motifs is 5. The van der Waals surface area contributed by atoms with E-state index in [1.165, 1.54) is 10.8 Å². The average molecular weight is 402 g/mol. The van der Waals surface area contributed by atoms with Gasteiger partial charge in [-0.25, -0.2) is 0 Å². The first kappa shape index (κ1) is 18.0. The second-order valence-electron chi connectivity index (χ2n) is 7.74. The molecule has 0 amide bonds. The highest BCUT2D eigenvalue weighted by Crippen LogP contribution is 2.37. The molecular formula is C26H19BN2O2. The van der Waals surface area contributed by atoms with E-state index in [0.29, 0.717) is 5.46 Å². The van der Waals surface area contributed by atoms with Crippen molar-refractivity contribution in [2.45, 2.75) is 0 Å². The Kier molecular flexibility index (Phi) is 4.00. The van der Waals surface area contributed by atoms with Gasteiger partial charge < -0.3 is 19.2 Å². The van der Waals surface area contributed by atoms with E-state index in [2.05, 4.69) is 63.9 Å². The van der Waals surface area contributed by atoms with Gasteiger partial charge in [-0.05, 0) is 47.9 Å². The van der Waals surface area contributed by atoms with Crippen LogP contribution in [0.5, 0.6) is 0 Å². The molecule has 0 aliphatic carbocycles. The molecule has 0 fully saturated rings. The van der Waals surface area contributed by atoms with Gasteiger partial charge in [-0.15, -0.1) is 0 Å². The summed E-state index contributed by atoms with van der Waals surface area (Å²) in [5, 5.41) is 22.9. The number of aromatic nitrogens is 2. The highest BCUT2D eigenvalue weighted by atomic mass is 16.4. The van der Waals surface area contributed by atoms with Crippen LogP contribution in [0.4, 0.5) is 0 Å². The molecular weight excluding hydrogens is 383 g/mol. The maximum atomic E-state index is 9.72. The van der Waals surface area contributed by atoms with Crippen molar-refractivity contribution >= 4 is 45.3 Å². The maximum absolute atomic E-state index is 9.72. The molecule has 2 aromatic heterocycles.